The Bertz CT molecular complexity index is 656. The van der Waals surface area contributed by atoms with Crippen molar-refractivity contribution in [3.63, 3.8) is 0 Å². The van der Waals surface area contributed by atoms with Crippen LogP contribution in [-0.4, -0.2) is 27.8 Å². The molecule has 0 aromatic carbocycles. The second-order valence-electron chi connectivity index (χ2n) is 5.06. The SMILES string of the molecule is CC(C)NC(=O)c1ccnc(CNC(=O)c2ccccn2)c1. The molecule has 2 heterocycles. The van der Waals surface area contributed by atoms with E-state index in [0.717, 1.165) is 0 Å². The van der Waals surface area contributed by atoms with Gasteiger partial charge in [-0.25, -0.2) is 0 Å². The molecule has 0 spiro atoms. The van der Waals surface area contributed by atoms with Crippen molar-refractivity contribution in [2.75, 3.05) is 0 Å². The quantitative estimate of drug-likeness (QED) is 0.877. The van der Waals surface area contributed by atoms with Gasteiger partial charge >= 0.3 is 0 Å². The Hall–Kier alpha value is -2.76. The highest BCUT2D eigenvalue weighted by atomic mass is 16.2. The lowest BCUT2D eigenvalue weighted by Crippen LogP contribution is -2.30. The Labute approximate surface area is 129 Å². The Morgan fingerprint density at radius 3 is 2.59 bits per heavy atom. The first-order valence-corrected chi connectivity index (χ1v) is 7.01. The van der Waals surface area contributed by atoms with Gasteiger partial charge in [0, 0.05) is 24.0 Å². The summed E-state index contributed by atoms with van der Waals surface area (Å²) in [6, 6.07) is 8.49. The maximum atomic E-state index is 11.9. The molecule has 0 aliphatic rings. The van der Waals surface area contributed by atoms with Crippen LogP contribution in [0.25, 0.3) is 0 Å². The fourth-order valence-electron chi connectivity index (χ4n) is 1.82. The van der Waals surface area contributed by atoms with Gasteiger partial charge in [-0.15, -0.1) is 0 Å². The average Bonchev–Trinajstić information content (AvgIpc) is 2.53. The summed E-state index contributed by atoms with van der Waals surface area (Å²) in [6.45, 7) is 4.03. The third-order valence-electron chi connectivity index (χ3n) is 2.83. The smallest absolute Gasteiger partial charge is 0.270 e. The van der Waals surface area contributed by atoms with Crippen LogP contribution in [0.1, 0.15) is 40.4 Å². The fourth-order valence-corrected chi connectivity index (χ4v) is 1.82. The minimum absolute atomic E-state index is 0.0629. The lowest BCUT2D eigenvalue weighted by Gasteiger charge is -2.09. The molecule has 22 heavy (non-hydrogen) atoms. The van der Waals surface area contributed by atoms with E-state index < -0.39 is 0 Å². The molecule has 0 saturated heterocycles. The molecule has 0 saturated carbocycles. The van der Waals surface area contributed by atoms with Gasteiger partial charge in [0.05, 0.1) is 12.2 Å². The van der Waals surface area contributed by atoms with Gasteiger partial charge in [-0.05, 0) is 38.1 Å². The molecule has 0 aliphatic heterocycles. The lowest BCUT2D eigenvalue weighted by atomic mass is 10.2. The van der Waals surface area contributed by atoms with E-state index in [4.69, 9.17) is 0 Å². The van der Waals surface area contributed by atoms with Crippen molar-refractivity contribution < 1.29 is 9.59 Å². The van der Waals surface area contributed by atoms with E-state index in [1.165, 1.54) is 0 Å². The summed E-state index contributed by atoms with van der Waals surface area (Å²) in [7, 11) is 0. The molecule has 2 aromatic heterocycles. The van der Waals surface area contributed by atoms with Gasteiger partial charge < -0.3 is 10.6 Å². The van der Waals surface area contributed by atoms with E-state index in [0.29, 0.717) is 17.0 Å². The third-order valence-corrected chi connectivity index (χ3v) is 2.83. The first-order valence-electron chi connectivity index (χ1n) is 7.01. The van der Waals surface area contributed by atoms with Gasteiger partial charge in [-0.1, -0.05) is 6.07 Å². The molecule has 0 bridgehead atoms. The van der Waals surface area contributed by atoms with Gasteiger partial charge in [0.1, 0.15) is 5.69 Å². The van der Waals surface area contributed by atoms with Crippen LogP contribution in [0, 0.1) is 0 Å². The summed E-state index contributed by atoms with van der Waals surface area (Å²) in [5.41, 5.74) is 1.47. The van der Waals surface area contributed by atoms with Gasteiger partial charge in [0.15, 0.2) is 0 Å². The van der Waals surface area contributed by atoms with Crippen LogP contribution in [0.15, 0.2) is 42.7 Å². The van der Waals surface area contributed by atoms with Crippen molar-refractivity contribution in [3.05, 3.63) is 59.7 Å². The van der Waals surface area contributed by atoms with Crippen molar-refractivity contribution in [1.29, 1.82) is 0 Å². The number of hydrogen-bond donors (Lipinski definition) is 2. The molecule has 0 atom stereocenters. The van der Waals surface area contributed by atoms with Crippen LogP contribution in [0.3, 0.4) is 0 Å². The maximum Gasteiger partial charge on any atom is 0.270 e. The molecular formula is C16H18N4O2. The molecule has 0 fully saturated rings. The molecule has 2 amide bonds. The van der Waals surface area contributed by atoms with Gasteiger partial charge in [0.2, 0.25) is 0 Å². The highest BCUT2D eigenvalue weighted by molar-refractivity contribution is 5.94. The molecule has 114 valence electrons. The predicted molar refractivity (Wildman–Crippen MR) is 82.2 cm³/mol. The largest absolute Gasteiger partial charge is 0.350 e. The van der Waals surface area contributed by atoms with Gasteiger partial charge in [-0.3, -0.25) is 19.6 Å². The predicted octanol–water partition coefficient (Wildman–Crippen LogP) is 1.54. The monoisotopic (exact) mass is 298 g/mol. The standard InChI is InChI=1S/C16H18N4O2/c1-11(2)20-15(21)12-6-8-17-13(9-12)10-19-16(22)14-5-3-4-7-18-14/h3-9,11H,10H2,1-2H3,(H,19,22)(H,20,21). The first-order chi connectivity index (χ1) is 10.6. The summed E-state index contributed by atoms with van der Waals surface area (Å²) in [4.78, 5) is 32.0. The summed E-state index contributed by atoms with van der Waals surface area (Å²) in [5, 5.41) is 5.54. The number of carbonyl (C=O) groups is 2. The van der Waals surface area contributed by atoms with Crippen molar-refractivity contribution >= 4 is 11.8 Å². The Morgan fingerprint density at radius 2 is 1.91 bits per heavy atom. The van der Waals surface area contributed by atoms with Crippen molar-refractivity contribution in [2.45, 2.75) is 26.4 Å². The van der Waals surface area contributed by atoms with E-state index in [1.807, 2.05) is 13.8 Å². The van der Waals surface area contributed by atoms with Gasteiger partial charge in [0.25, 0.3) is 11.8 Å². The second kappa shape index (κ2) is 7.31. The summed E-state index contributed by atoms with van der Waals surface area (Å²) in [5.74, 6) is -0.436. The van der Waals surface area contributed by atoms with E-state index in [1.54, 1.807) is 42.7 Å². The van der Waals surface area contributed by atoms with Crippen LogP contribution in [-0.2, 0) is 6.54 Å². The Kier molecular flexibility index (Phi) is 5.19. The molecule has 2 rings (SSSR count). The fraction of sp³-hybridized carbons (Fsp3) is 0.250. The van der Waals surface area contributed by atoms with Crippen LogP contribution < -0.4 is 10.6 Å². The zero-order valence-electron chi connectivity index (χ0n) is 12.5. The zero-order valence-corrected chi connectivity index (χ0v) is 12.5. The first kappa shape index (κ1) is 15.6. The van der Waals surface area contributed by atoms with E-state index in [-0.39, 0.29) is 24.4 Å². The zero-order chi connectivity index (χ0) is 15.9. The molecule has 0 aliphatic carbocycles. The summed E-state index contributed by atoms with van der Waals surface area (Å²) >= 11 is 0. The second-order valence-corrected chi connectivity index (χ2v) is 5.06. The Morgan fingerprint density at radius 1 is 1.09 bits per heavy atom. The number of pyridine rings is 2. The summed E-state index contributed by atoms with van der Waals surface area (Å²) in [6.07, 6.45) is 3.11. The van der Waals surface area contributed by atoms with Crippen LogP contribution in [0.4, 0.5) is 0 Å². The number of carbonyl (C=O) groups excluding carboxylic acids is 2. The van der Waals surface area contributed by atoms with Crippen molar-refractivity contribution in [3.8, 4) is 0 Å². The molecule has 2 N–H and O–H groups in total. The van der Waals surface area contributed by atoms with Crippen LogP contribution in [0.5, 0.6) is 0 Å². The number of nitrogens with zero attached hydrogens (tertiary/aromatic N) is 2. The maximum absolute atomic E-state index is 11.9. The van der Waals surface area contributed by atoms with Crippen molar-refractivity contribution in [2.24, 2.45) is 0 Å². The molecular weight excluding hydrogens is 280 g/mol. The highest BCUT2D eigenvalue weighted by Gasteiger charge is 2.10. The summed E-state index contributed by atoms with van der Waals surface area (Å²) < 4.78 is 0. The van der Waals surface area contributed by atoms with Crippen molar-refractivity contribution in [1.82, 2.24) is 20.6 Å². The number of aromatic nitrogens is 2. The normalized spacial score (nSPS) is 10.3. The average molecular weight is 298 g/mol. The van der Waals surface area contributed by atoms with E-state index in [2.05, 4.69) is 20.6 Å². The molecule has 6 nitrogen and oxygen atoms in total. The third kappa shape index (κ3) is 4.37. The molecule has 0 unspecified atom stereocenters. The molecule has 0 radical (unpaired) electrons. The molecule has 2 aromatic rings. The van der Waals surface area contributed by atoms with E-state index in [9.17, 15) is 9.59 Å². The minimum atomic E-state index is -0.278. The van der Waals surface area contributed by atoms with E-state index >= 15 is 0 Å². The van der Waals surface area contributed by atoms with Crippen LogP contribution in [0.2, 0.25) is 0 Å². The molecule has 6 heteroatoms. The number of rotatable bonds is 5. The number of amides is 2. The minimum Gasteiger partial charge on any atom is -0.350 e. The number of nitrogens with one attached hydrogen (secondary N) is 2. The van der Waals surface area contributed by atoms with Gasteiger partial charge in [-0.2, -0.15) is 0 Å². The lowest BCUT2D eigenvalue weighted by molar-refractivity contribution is 0.0938. The van der Waals surface area contributed by atoms with Crippen LogP contribution >= 0.6 is 0 Å². The Balaban J connectivity index is 1.99. The number of hydrogen-bond acceptors (Lipinski definition) is 4. The highest BCUT2D eigenvalue weighted by Crippen LogP contribution is 2.03. The topological polar surface area (TPSA) is 84.0 Å².